The van der Waals surface area contributed by atoms with Crippen LogP contribution < -0.4 is 5.32 Å². The number of ether oxygens (including phenoxy) is 1. The van der Waals surface area contributed by atoms with E-state index in [4.69, 9.17) is 9.57 Å². The van der Waals surface area contributed by atoms with E-state index in [9.17, 15) is 19.5 Å². The van der Waals surface area contributed by atoms with Crippen molar-refractivity contribution in [1.29, 1.82) is 0 Å². The van der Waals surface area contributed by atoms with Crippen molar-refractivity contribution in [1.82, 2.24) is 10.4 Å². The molecule has 8 nitrogen and oxygen atoms in total. The quantitative estimate of drug-likeness (QED) is 0.623. The summed E-state index contributed by atoms with van der Waals surface area (Å²) in [4.78, 5) is 41.4. The van der Waals surface area contributed by atoms with Gasteiger partial charge in [-0.15, -0.1) is 5.06 Å². The zero-order valence-electron chi connectivity index (χ0n) is 16.3. The molecule has 1 saturated heterocycles. The molecule has 1 amide bonds. The van der Waals surface area contributed by atoms with Gasteiger partial charge in [0.05, 0.1) is 6.04 Å². The molecule has 0 aromatic heterocycles. The van der Waals surface area contributed by atoms with Crippen LogP contribution in [0.2, 0.25) is 0 Å². The first-order chi connectivity index (χ1) is 13.4. The summed E-state index contributed by atoms with van der Waals surface area (Å²) in [7, 11) is 0. The number of nitrogens with zero attached hydrogens (tertiary/aromatic N) is 1. The van der Waals surface area contributed by atoms with Gasteiger partial charge < -0.3 is 20.0 Å². The third-order valence-electron chi connectivity index (χ3n) is 5.23. The van der Waals surface area contributed by atoms with Crippen LogP contribution in [0, 0.1) is 5.41 Å². The number of carbonyl (C=O) groups is 3. The van der Waals surface area contributed by atoms with Gasteiger partial charge in [-0.25, -0.2) is 9.59 Å². The van der Waals surface area contributed by atoms with Gasteiger partial charge in [-0.3, -0.25) is 4.79 Å². The van der Waals surface area contributed by atoms with Crippen molar-refractivity contribution in [3.05, 3.63) is 35.9 Å². The second-order valence-corrected chi connectivity index (χ2v) is 6.85. The van der Waals surface area contributed by atoms with E-state index < -0.39 is 23.4 Å². The van der Waals surface area contributed by atoms with Crippen LogP contribution in [-0.4, -0.2) is 47.3 Å². The fraction of sp³-hybridized carbons (Fsp3) is 0.550. The Bertz CT molecular complexity index is 675. The second kappa shape index (κ2) is 10.1. The molecule has 0 aliphatic carbocycles. The van der Waals surface area contributed by atoms with E-state index in [2.05, 4.69) is 5.32 Å². The van der Waals surface area contributed by atoms with Gasteiger partial charge in [0.15, 0.2) is 5.41 Å². The van der Waals surface area contributed by atoms with Crippen molar-refractivity contribution >= 4 is 18.0 Å². The van der Waals surface area contributed by atoms with Crippen LogP contribution in [0.1, 0.15) is 45.1 Å². The van der Waals surface area contributed by atoms with E-state index in [1.54, 1.807) is 13.8 Å². The highest BCUT2D eigenvalue weighted by Gasteiger charge is 2.46. The zero-order valence-corrected chi connectivity index (χ0v) is 16.3. The Morgan fingerprint density at radius 3 is 2.50 bits per heavy atom. The molecule has 1 aliphatic heterocycles. The standard InChI is InChI=1S/C20H28N2O6/c1-3-20(4-2,17(23)24)18(25)28-22-12-8-11-16(22)13-21-19(26)27-14-15-9-6-5-7-10-15/h5-7,9-10,16H,3-4,8,11-14H2,1-2H3,(H,21,26)(H,23,24)/t16-/m1/s1. The van der Waals surface area contributed by atoms with Crippen molar-refractivity contribution in [2.24, 2.45) is 5.41 Å². The summed E-state index contributed by atoms with van der Waals surface area (Å²) >= 11 is 0. The Balaban J connectivity index is 1.84. The van der Waals surface area contributed by atoms with Gasteiger partial charge in [-0.1, -0.05) is 44.2 Å². The van der Waals surface area contributed by atoms with Gasteiger partial charge in [-0.05, 0) is 31.2 Å². The number of alkyl carbamates (subject to hydrolysis) is 1. The van der Waals surface area contributed by atoms with Gasteiger partial charge in [0, 0.05) is 13.1 Å². The molecule has 28 heavy (non-hydrogen) atoms. The molecule has 0 unspecified atom stereocenters. The molecular weight excluding hydrogens is 364 g/mol. The lowest BCUT2D eigenvalue weighted by molar-refractivity contribution is -0.209. The molecule has 0 saturated carbocycles. The number of carboxylic acid groups (broad SMARTS) is 1. The third-order valence-corrected chi connectivity index (χ3v) is 5.23. The fourth-order valence-corrected chi connectivity index (χ4v) is 3.23. The van der Waals surface area contributed by atoms with Crippen LogP contribution in [0.3, 0.4) is 0 Å². The van der Waals surface area contributed by atoms with E-state index in [-0.39, 0.29) is 32.0 Å². The summed E-state index contributed by atoms with van der Waals surface area (Å²) in [6.07, 6.45) is 1.27. The third kappa shape index (κ3) is 5.22. The molecule has 1 aromatic carbocycles. The summed E-state index contributed by atoms with van der Waals surface area (Å²) in [6.45, 7) is 4.24. The number of carbonyl (C=O) groups excluding carboxylic acids is 2. The maximum absolute atomic E-state index is 12.5. The zero-order chi connectivity index (χ0) is 20.6. The molecule has 1 fully saturated rings. The number of nitrogens with one attached hydrogen (secondary N) is 1. The van der Waals surface area contributed by atoms with Crippen LogP contribution in [0.4, 0.5) is 4.79 Å². The Morgan fingerprint density at radius 2 is 1.89 bits per heavy atom. The topological polar surface area (TPSA) is 105 Å². The number of hydrogen-bond acceptors (Lipinski definition) is 6. The minimum atomic E-state index is -1.55. The molecule has 1 heterocycles. The highest BCUT2D eigenvalue weighted by molar-refractivity contribution is 5.98. The molecule has 1 aromatic rings. The van der Waals surface area contributed by atoms with Crippen molar-refractivity contribution in [3.63, 3.8) is 0 Å². The molecule has 1 aliphatic rings. The summed E-state index contributed by atoms with van der Waals surface area (Å²) < 4.78 is 5.17. The molecule has 8 heteroatoms. The van der Waals surface area contributed by atoms with Crippen molar-refractivity contribution in [2.45, 2.75) is 52.2 Å². The van der Waals surface area contributed by atoms with Crippen molar-refractivity contribution in [2.75, 3.05) is 13.1 Å². The summed E-state index contributed by atoms with van der Waals surface area (Å²) in [5.41, 5.74) is -0.659. The number of rotatable bonds is 9. The van der Waals surface area contributed by atoms with E-state index in [1.807, 2.05) is 30.3 Å². The molecule has 1 atom stereocenters. The lowest BCUT2D eigenvalue weighted by atomic mass is 9.83. The normalized spacial score (nSPS) is 17.1. The highest BCUT2D eigenvalue weighted by atomic mass is 16.7. The Labute approximate surface area is 164 Å². The number of carboxylic acids is 1. The predicted octanol–water partition coefficient (Wildman–Crippen LogP) is 2.73. The van der Waals surface area contributed by atoms with Crippen LogP contribution in [-0.2, 0) is 25.8 Å². The first kappa shape index (κ1) is 21.7. The number of benzene rings is 1. The first-order valence-electron chi connectivity index (χ1n) is 9.60. The Hall–Kier alpha value is -2.61. The molecule has 2 N–H and O–H groups in total. The molecule has 154 valence electrons. The van der Waals surface area contributed by atoms with E-state index in [0.29, 0.717) is 6.54 Å². The van der Waals surface area contributed by atoms with Crippen molar-refractivity contribution in [3.8, 4) is 0 Å². The maximum atomic E-state index is 12.5. The first-order valence-corrected chi connectivity index (χ1v) is 9.60. The molecule has 2 rings (SSSR count). The van der Waals surface area contributed by atoms with Crippen LogP contribution in [0.5, 0.6) is 0 Å². The average Bonchev–Trinajstić information content (AvgIpc) is 3.13. The number of amides is 1. The number of hydrogen-bond donors (Lipinski definition) is 2. The number of hydroxylamine groups is 2. The van der Waals surface area contributed by atoms with Crippen molar-refractivity contribution < 1.29 is 29.1 Å². The van der Waals surface area contributed by atoms with Gasteiger partial charge in [0.1, 0.15) is 6.61 Å². The largest absolute Gasteiger partial charge is 0.480 e. The predicted molar refractivity (Wildman–Crippen MR) is 101 cm³/mol. The smallest absolute Gasteiger partial charge is 0.407 e. The van der Waals surface area contributed by atoms with Crippen LogP contribution in [0.15, 0.2) is 30.3 Å². The van der Waals surface area contributed by atoms with Gasteiger partial charge in [-0.2, -0.15) is 0 Å². The Kier molecular flexibility index (Phi) is 7.80. The van der Waals surface area contributed by atoms with E-state index >= 15 is 0 Å². The monoisotopic (exact) mass is 392 g/mol. The second-order valence-electron chi connectivity index (χ2n) is 6.85. The SMILES string of the molecule is CCC(CC)(C(=O)O)C(=O)ON1CCC[C@@H]1CNC(=O)OCc1ccccc1. The fourth-order valence-electron chi connectivity index (χ4n) is 3.23. The Morgan fingerprint density at radius 1 is 1.21 bits per heavy atom. The van der Waals surface area contributed by atoms with Gasteiger partial charge in [0.25, 0.3) is 0 Å². The lowest BCUT2D eigenvalue weighted by Crippen LogP contribution is -2.46. The van der Waals surface area contributed by atoms with Gasteiger partial charge in [0.2, 0.25) is 0 Å². The van der Waals surface area contributed by atoms with Crippen LogP contribution in [0.25, 0.3) is 0 Å². The summed E-state index contributed by atoms with van der Waals surface area (Å²) in [5.74, 6) is -1.94. The molecule has 0 radical (unpaired) electrons. The molecule has 0 bridgehead atoms. The van der Waals surface area contributed by atoms with E-state index in [0.717, 1.165) is 18.4 Å². The highest BCUT2D eigenvalue weighted by Crippen LogP contribution is 2.30. The van der Waals surface area contributed by atoms with E-state index in [1.165, 1.54) is 5.06 Å². The minimum absolute atomic E-state index is 0.153. The minimum Gasteiger partial charge on any atom is -0.480 e. The summed E-state index contributed by atoms with van der Waals surface area (Å²) in [5, 5.41) is 13.6. The molecular formula is C20H28N2O6. The summed E-state index contributed by atoms with van der Waals surface area (Å²) in [6, 6.07) is 9.13. The van der Waals surface area contributed by atoms with Crippen LogP contribution >= 0.6 is 0 Å². The lowest BCUT2D eigenvalue weighted by Gasteiger charge is -2.29. The molecule has 0 spiro atoms. The number of aliphatic carboxylic acids is 1. The average molecular weight is 392 g/mol. The van der Waals surface area contributed by atoms with Gasteiger partial charge >= 0.3 is 18.0 Å². The maximum Gasteiger partial charge on any atom is 0.407 e.